The van der Waals surface area contributed by atoms with Gasteiger partial charge in [0.25, 0.3) is 11.8 Å². The monoisotopic (exact) mass is 360 g/mol. The molecule has 1 fully saturated rings. The van der Waals surface area contributed by atoms with Crippen LogP contribution in [0.15, 0.2) is 36.8 Å². The van der Waals surface area contributed by atoms with Gasteiger partial charge in [-0.3, -0.25) is 9.59 Å². The molecule has 130 valence electrons. The third kappa shape index (κ3) is 4.45. The van der Waals surface area contributed by atoms with E-state index in [1.54, 1.807) is 29.2 Å². The Balaban J connectivity index is 1.60. The first kappa shape index (κ1) is 17.2. The molecule has 0 atom stereocenters. The molecule has 1 saturated heterocycles. The topological polar surface area (TPSA) is 84.4 Å². The van der Waals surface area contributed by atoms with Crippen LogP contribution in [0, 0.1) is 0 Å². The summed E-state index contributed by atoms with van der Waals surface area (Å²) in [6, 6.07) is 6.81. The van der Waals surface area contributed by atoms with Crippen molar-refractivity contribution in [3.8, 4) is 5.75 Å². The molecular formula is C17H17ClN4O3. The number of carbonyl (C=O) groups excluding carboxylic acids is 2. The van der Waals surface area contributed by atoms with E-state index >= 15 is 0 Å². The molecule has 1 aliphatic rings. The van der Waals surface area contributed by atoms with Gasteiger partial charge in [-0.1, -0.05) is 17.7 Å². The highest BCUT2D eigenvalue weighted by Crippen LogP contribution is 2.19. The number of likely N-dealkylation sites (tertiary alicyclic amines) is 1. The third-order valence-electron chi connectivity index (χ3n) is 3.80. The number of anilines is 1. The molecule has 1 aromatic heterocycles. The lowest BCUT2D eigenvalue weighted by atomic mass is 10.3. The Morgan fingerprint density at radius 1 is 1.28 bits per heavy atom. The van der Waals surface area contributed by atoms with Gasteiger partial charge < -0.3 is 15.0 Å². The van der Waals surface area contributed by atoms with Crippen LogP contribution in [0.1, 0.15) is 23.3 Å². The summed E-state index contributed by atoms with van der Waals surface area (Å²) in [6.45, 7) is 1.56. The first-order chi connectivity index (χ1) is 12.1. The van der Waals surface area contributed by atoms with Gasteiger partial charge in [0.1, 0.15) is 17.8 Å². The highest BCUT2D eigenvalue weighted by molar-refractivity contribution is 6.33. The van der Waals surface area contributed by atoms with Crippen LogP contribution in [0.25, 0.3) is 0 Å². The zero-order valence-corrected chi connectivity index (χ0v) is 14.2. The molecule has 3 rings (SSSR count). The molecule has 0 saturated carbocycles. The van der Waals surface area contributed by atoms with E-state index in [2.05, 4.69) is 15.3 Å². The summed E-state index contributed by atoms with van der Waals surface area (Å²) in [5.41, 5.74) is 0.609. The van der Waals surface area contributed by atoms with Gasteiger partial charge in [0, 0.05) is 31.0 Å². The number of hydrogen-bond donors (Lipinski definition) is 1. The predicted molar refractivity (Wildman–Crippen MR) is 92.7 cm³/mol. The standard InChI is InChI=1S/C17H17ClN4O3/c18-14-9-19-11-20-16(14)17(24)21-12-4-3-5-13(8-12)25-10-15(23)22-6-1-2-7-22/h3-5,8-9,11H,1-2,6-7,10H2,(H,21,24). The second-order valence-corrected chi connectivity index (χ2v) is 5.99. The van der Waals surface area contributed by atoms with E-state index in [0.717, 1.165) is 25.9 Å². The van der Waals surface area contributed by atoms with Crippen LogP contribution in [0.3, 0.4) is 0 Å². The van der Waals surface area contributed by atoms with Gasteiger partial charge in [-0.05, 0) is 25.0 Å². The number of halogens is 1. The highest BCUT2D eigenvalue weighted by Gasteiger charge is 2.18. The van der Waals surface area contributed by atoms with Gasteiger partial charge in [-0.25, -0.2) is 9.97 Å². The van der Waals surface area contributed by atoms with Crippen LogP contribution in [0.5, 0.6) is 5.75 Å². The Hall–Kier alpha value is -2.67. The maximum Gasteiger partial charge on any atom is 0.275 e. The van der Waals surface area contributed by atoms with Crippen molar-refractivity contribution >= 4 is 29.1 Å². The van der Waals surface area contributed by atoms with Gasteiger partial charge in [-0.2, -0.15) is 0 Å². The molecule has 1 N–H and O–H groups in total. The number of nitrogens with one attached hydrogen (secondary N) is 1. The normalized spacial score (nSPS) is 13.6. The number of rotatable bonds is 5. The van der Waals surface area contributed by atoms with E-state index in [4.69, 9.17) is 16.3 Å². The number of hydrogen-bond acceptors (Lipinski definition) is 5. The van der Waals surface area contributed by atoms with Crippen LogP contribution < -0.4 is 10.1 Å². The zero-order chi connectivity index (χ0) is 17.6. The molecule has 2 heterocycles. The fourth-order valence-electron chi connectivity index (χ4n) is 2.54. The fraction of sp³-hybridized carbons (Fsp3) is 0.294. The average molecular weight is 361 g/mol. The summed E-state index contributed by atoms with van der Waals surface area (Å²) in [5.74, 6) is 0.0246. The molecule has 0 aliphatic carbocycles. The minimum atomic E-state index is -0.447. The molecule has 8 heteroatoms. The molecule has 0 radical (unpaired) electrons. The van der Waals surface area contributed by atoms with Crippen LogP contribution in [-0.2, 0) is 4.79 Å². The van der Waals surface area contributed by atoms with Gasteiger partial charge in [0.15, 0.2) is 6.61 Å². The summed E-state index contributed by atoms with van der Waals surface area (Å²) < 4.78 is 5.54. The van der Waals surface area contributed by atoms with E-state index in [-0.39, 0.29) is 23.2 Å². The lowest BCUT2D eigenvalue weighted by Gasteiger charge is -2.15. The Bertz CT molecular complexity index is 778. The summed E-state index contributed by atoms with van der Waals surface area (Å²) in [6.07, 6.45) is 4.69. The van der Waals surface area contributed by atoms with E-state index < -0.39 is 5.91 Å². The fourth-order valence-corrected chi connectivity index (χ4v) is 2.73. The molecule has 7 nitrogen and oxygen atoms in total. The summed E-state index contributed by atoms with van der Waals surface area (Å²) >= 11 is 5.91. The van der Waals surface area contributed by atoms with Gasteiger partial charge in [0.2, 0.25) is 0 Å². The Morgan fingerprint density at radius 2 is 2.08 bits per heavy atom. The van der Waals surface area contributed by atoms with Crippen molar-refractivity contribution in [3.63, 3.8) is 0 Å². The number of nitrogens with zero attached hydrogens (tertiary/aromatic N) is 3. The van der Waals surface area contributed by atoms with E-state index in [1.165, 1.54) is 12.5 Å². The highest BCUT2D eigenvalue weighted by atomic mass is 35.5. The summed E-state index contributed by atoms with van der Waals surface area (Å²) in [4.78, 5) is 33.6. The van der Waals surface area contributed by atoms with Crippen LogP contribution in [-0.4, -0.2) is 46.4 Å². The van der Waals surface area contributed by atoms with Crippen molar-refractivity contribution in [3.05, 3.63) is 47.5 Å². The van der Waals surface area contributed by atoms with Gasteiger partial charge in [0.05, 0.1) is 5.02 Å². The van der Waals surface area contributed by atoms with Gasteiger partial charge >= 0.3 is 0 Å². The molecular weight excluding hydrogens is 344 g/mol. The van der Waals surface area contributed by atoms with Crippen molar-refractivity contribution in [2.75, 3.05) is 25.0 Å². The number of carbonyl (C=O) groups is 2. The molecule has 25 heavy (non-hydrogen) atoms. The number of benzene rings is 1. The minimum Gasteiger partial charge on any atom is -0.484 e. The minimum absolute atomic E-state index is 0.0187. The number of aromatic nitrogens is 2. The average Bonchev–Trinajstić information content (AvgIpc) is 3.15. The molecule has 2 amide bonds. The SMILES string of the molecule is O=C(Nc1cccc(OCC(=O)N2CCCC2)c1)c1ncncc1Cl. The molecule has 2 aromatic rings. The van der Waals surface area contributed by atoms with Crippen molar-refractivity contribution in [2.45, 2.75) is 12.8 Å². The number of amides is 2. The maximum absolute atomic E-state index is 12.2. The quantitative estimate of drug-likeness (QED) is 0.885. The summed E-state index contributed by atoms with van der Waals surface area (Å²) in [5, 5.41) is 2.86. The van der Waals surface area contributed by atoms with Crippen molar-refractivity contribution in [1.29, 1.82) is 0 Å². The molecule has 1 aliphatic heterocycles. The summed E-state index contributed by atoms with van der Waals surface area (Å²) in [7, 11) is 0. The molecule has 1 aromatic carbocycles. The van der Waals surface area contributed by atoms with Crippen LogP contribution in [0.4, 0.5) is 5.69 Å². The van der Waals surface area contributed by atoms with Gasteiger partial charge in [-0.15, -0.1) is 0 Å². The first-order valence-electron chi connectivity index (χ1n) is 7.91. The largest absolute Gasteiger partial charge is 0.484 e. The smallest absolute Gasteiger partial charge is 0.275 e. The second-order valence-electron chi connectivity index (χ2n) is 5.58. The third-order valence-corrected chi connectivity index (χ3v) is 4.07. The second kappa shape index (κ2) is 7.94. The van der Waals surface area contributed by atoms with Crippen molar-refractivity contribution < 1.29 is 14.3 Å². The lowest BCUT2D eigenvalue weighted by molar-refractivity contribution is -0.132. The Morgan fingerprint density at radius 3 is 2.84 bits per heavy atom. The van der Waals surface area contributed by atoms with Crippen LogP contribution in [0.2, 0.25) is 5.02 Å². The first-order valence-corrected chi connectivity index (χ1v) is 8.29. The van der Waals surface area contributed by atoms with Crippen molar-refractivity contribution in [1.82, 2.24) is 14.9 Å². The number of ether oxygens (including phenoxy) is 1. The molecule has 0 unspecified atom stereocenters. The van der Waals surface area contributed by atoms with E-state index in [0.29, 0.717) is 11.4 Å². The maximum atomic E-state index is 12.2. The lowest BCUT2D eigenvalue weighted by Crippen LogP contribution is -2.32. The molecule has 0 bridgehead atoms. The Kier molecular flexibility index (Phi) is 5.45. The predicted octanol–water partition coefficient (Wildman–Crippen LogP) is 2.38. The van der Waals surface area contributed by atoms with Crippen molar-refractivity contribution in [2.24, 2.45) is 0 Å². The Labute approximate surface area is 150 Å². The van der Waals surface area contributed by atoms with E-state index in [1.807, 2.05) is 0 Å². The molecule has 0 spiro atoms. The zero-order valence-electron chi connectivity index (χ0n) is 13.4. The van der Waals surface area contributed by atoms with E-state index in [9.17, 15) is 9.59 Å². The van der Waals surface area contributed by atoms with Crippen LogP contribution >= 0.6 is 11.6 Å².